The monoisotopic (exact) mass is 139 g/mol. The van der Waals surface area contributed by atoms with Crippen LogP contribution in [-0.4, -0.2) is 14.2 Å². The van der Waals surface area contributed by atoms with Crippen molar-refractivity contribution in [2.75, 3.05) is 5.75 Å². The molecule has 0 saturated carbocycles. The Morgan fingerprint density at radius 1 is 1.62 bits per heavy atom. The molecule has 0 aromatic heterocycles. The Bertz CT molecular complexity index is 159. The summed E-state index contributed by atoms with van der Waals surface area (Å²) >= 11 is 0. The van der Waals surface area contributed by atoms with E-state index in [0.29, 0.717) is 0 Å². The first kappa shape index (κ1) is 7.35. The standard InChI is InChI=1S/C2H5NO4S/c1-2-8(5,6)7-3-4/h2H2,1H3. The number of rotatable bonds is 3. The zero-order chi connectivity index (χ0) is 6.62. The quantitative estimate of drug-likeness (QED) is 0.408. The van der Waals surface area contributed by atoms with Gasteiger partial charge in [0.1, 0.15) is 0 Å². The van der Waals surface area contributed by atoms with E-state index in [1.54, 1.807) is 5.34 Å². The van der Waals surface area contributed by atoms with Crippen LogP contribution in [0.5, 0.6) is 0 Å². The highest BCUT2D eigenvalue weighted by atomic mass is 32.2. The van der Waals surface area contributed by atoms with Gasteiger partial charge in [-0.3, -0.25) is 0 Å². The topological polar surface area (TPSA) is 72.8 Å². The van der Waals surface area contributed by atoms with Crippen molar-refractivity contribution in [2.45, 2.75) is 6.92 Å². The maximum Gasteiger partial charge on any atom is 0.331 e. The molecule has 5 nitrogen and oxygen atoms in total. The lowest BCUT2D eigenvalue weighted by atomic mass is 11.0. The summed E-state index contributed by atoms with van der Waals surface area (Å²) in [6, 6.07) is 0. The SMILES string of the molecule is CCS(=O)(=O)ON=O. The summed E-state index contributed by atoms with van der Waals surface area (Å²) in [5, 5.41) is 1.74. The molecule has 48 valence electrons. The highest BCUT2D eigenvalue weighted by Gasteiger charge is 2.05. The molecule has 0 fully saturated rings. The van der Waals surface area contributed by atoms with Gasteiger partial charge in [0.05, 0.1) is 5.75 Å². The number of nitrogens with zero attached hydrogens (tertiary/aromatic N) is 1. The van der Waals surface area contributed by atoms with Crippen molar-refractivity contribution in [2.24, 2.45) is 5.34 Å². The first-order valence-corrected chi connectivity index (χ1v) is 3.44. The number of hydrogen-bond donors (Lipinski definition) is 0. The molecule has 0 atom stereocenters. The third-order valence-corrected chi connectivity index (χ3v) is 1.49. The molecule has 0 aliphatic rings. The smallest absolute Gasteiger partial charge is 0.233 e. The van der Waals surface area contributed by atoms with Crippen molar-refractivity contribution in [3.63, 3.8) is 0 Å². The second-order valence-electron chi connectivity index (χ2n) is 0.995. The first-order valence-electron chi connectivity index (χ1n) is 1.86. The van der Waals surface area contributed by atoms with Gasteiger partial charge >= 0.3 is 10.1 Å². The van der Waals surface area contributed by atoms with E-state index < -0.39 is 10.1 Å². The third-order valence-electron chi connectivity index (χ3n) is 0.498. The van der Waals surface area contributed by atoms with Gasteiger partial charge in [-0.1, -0.05) is 0 Å². The van der Waals surface area contributed by atoms with Crippen LogP contribution in [0.1, 0.15) is 6.92 Å². The summed E-state index contributed by atoms with van der Waals surface area (Å²) < 4.78 is 23.6. The largest absolute Gasteiger partial charge is 0.331 e. The van der Waals surface area contributed by atoms with E-state index in [9.17, 15) is 8.42 Å². The lowest BCUT2D eigenvalue weighted by Crippen LogP contribution is -2.02. The summed E-state index contributed by atoms with van der Waals surface area (Å²) in [4.78, 5) is 9.13. The van der Waals surface area contributed by atoms with Crippen LogP contribution >= 0.6 is 0 Å². The molecule has 0 aromatic rings. The second-order valence-corrected chi connectivity index (χ2v) is 2.84. The molecular weight excluding hydrogens is 134 g/mol. The number of hydrogen-bond acceptors (Lipinski definition) is 5. The minimum atomic E-state index is -3.65. The lowest BCUT2D eigenvalue weighted by molar-refractivity contribution is 0.334. The van der Waals surface area contributed by atoms with E-state index in [1.165, 1.54) is 6.92 Å². The molecule has 0 amide bonds. The van der Waals surface area contributed by atoms with Gasteiger partial charge < -0.3 is 0 Å². The molecule has 0 saturated heterocycles. The Morgan fingerprint density at radius 3 is 2.25 bits per heavy atom. The summed E-state index contributed by atoms with van der Waals surface area (Å²) in [5.74, 6) is -0.237. The Hall–Kier alpha value is -0.650. The molecule has 0 heterocycles. The maximum absolute atomic E-state index is 10.1. The molecule has 0 N–H and O–H groups in total. The van der Waals surface area contributed by atoms with E-state index in [0.717, 1.165) is 0 Å². The highest BCUT2D eigenvalue weighted by molar-refractivity contribution is 7.86. The van der Waals surface area contributed by atoms with Crippen molar-refractivity contribution in [3.8, 4) is 0 Å². The van der Waals surface area contributed by atoms with Crippen LogP contribution in [-0.2, 0) is 14.4 Å². The minimum Gasteiger partial charge on any atom is -0.233 e. The van der Waals surface area contributed by atoms with Crippen LogP contribution in [0.4, 0.5) is 0 Å². The van der Waals surface area contributed by atoms with Crippen molar-refractivity contribution in [3.05, 3.63) is 4.91 Å². The van der Waals surface area contributed by atoms with Gasteiger partial charge in [0.15, 0.2) is 5.34 Å². The lowest BCUT2D eigenvalue weighted by Gasteiger charge is -1.88. The van der Waals surface area contributed by atoms with Crippen LogP contribution in [0.3, 0.4) is 0 Å². The Kier molecular flexibility index (Phi) is 2.40. The molecule has 0 radical (unpaired) electrons. The van der Waals surface area contributed by atoms with E-state index in [-0.39, 0.29) is 5.75 Å². The Labute approximate surface area is 46.7 Å². The molecule has 6 heteroatoms. The molecule has 8 heavy (non-hydrogen) atoms. The average molecular weight is 139 g/mol. The predicted octanol–water partition coefficient (Wildman–Crippen LogP) is 0.0341. The first-order chi connectivity index (χ1) is 3.62. The molecular formula is C2H5NO4S. The predicted molar refractivity (Wildman–Crippen MR) is 26.3 cm³/mol. The van der Waals surface area contributed by atoms with Crippen molar-refractivity contribution in [1.29, 1.82) is 0 Å². The van der Waals surface area contributed by atoms with E-state index >= 15 is 0 Å². The fourth-order valence-corrected chi connectivity index (χ4v) is 0.297. The molecule has 0 aromatic carbocycles. The highest BCUT2D eigenvalue weighted by Crippen LogP contribution is 1.90. The van der Waals surface area contributed by atoms with Gasteiger partial charge in [-0.2, -0.15) is 8.42 Å². The summed E-state index contributed by atoms with van der Waals surface area (Å²) in [6.07, 6.45) is 0. The third kappa shape index (κ3) is 2.51. The van der Waals surface area contributed by atoms with Crippen molar-refractivity contribution >= 4 is 10.1 Å². The fourth-order valence-electron chi connectivity index (χ4n) is 0.0991. The minimum absolute atomic E-state index is 0.237. The van der Waals surface area contributed by atoms with Crippen LogP contribution in [0.2, 0.25) is 0 Å². The van der Waals surface area contributed by atoms with E-state index in [2.05, 4.69) is 4.28 Å². The molecule has 0 aliphatic heterocycles. The van der Waals surface area contributed by atoms with Gasteiger partial charge in [0, 0.05) is 0 Å². The molecule has 0 aliphatic carbocycles. The maximum atomic E-state index is 10.1. The van der Waals surface area contributed by atoms with E-state index in [4.69, 9.17) is 4.91 Å². The van der Waals surface area contributed by atoms with Crippen molar-refractivity contribution in [1.82, 2.24) is 0 Å². The van der Waals surface area contributed by atoms with E-state index in [1.807, 2.05) is 0 Å². The average Bonchev–Trinajstić information content (AvgIpc) is 1.67. The fraction of sp³-hybridized carbons (Fsp3) is 1.00. The van der Waals surface area contributed by atoms with Gasteiger partial charge in [-0.15, -0.1) is 4.91 Å². The van der Waals surface area contributed by atoms with Crippen LogP contribution in [0.25, 0.3) is 0 Å². The Balaban J connectivity index is 3.94. The van der Waals surface area contributed by atoms with Gasteiger partial charge in [0.2, 0.25) is 0 Å². The summed E-state index contributed by atoms with van der Waals surface area (Å²) in [7, 11) is -3.65. The van der Waals surface area contributed by atoms with Crippen LogP contribution < -0.4 is 0 Å². The summed E-state index contributed by atoms with van der Waals surface area (Å²) in [5.41, 5.74) is 0. The van der Waals surface area contributed by atoms with Gasteiger partial charge in [-0.25, -0.2) is 4.28 Å². The molecule has 0 bridgehead atoms. The van der Waals surface area contributed by atoms with Crippen LogP contribution in [0.15, 0.2) is 5.34 Å². The van der Waals surface area contributed by atoms with Gasteiger partial charge in [0.25, 0.3) is 0 Å². The zero-order valence-corrected chi connectivity index (χ0v) is 5.01. The summed E-state index contributed by atoms with van der Waals surface area (Å²) in [6.45, 7) is 1.35. The van der Waals surface area contributed by atoms with Gasteiger partial charge in [-0.05, 0) is 6.92 Å². The normalized spacial score (nSPS) is 10.6. The van der Waals surface area contributed by atoms with Crippen LogP contribution in [0, 0.1) is 4.91 Å². The molecule has 0 unspecified atom stereocenters. The molecule has 0 rings (SSSR count). The zero-order valence-electron chi connectivity index (χ0n) is 4.20. The second kappa shape index (κ2) is 2.61. The molecule has 0 spiro atoms. The van der Waals surface area contributed by atoms with Crippen molar-refractivity contribution < 1.29 is 12.7 Å². The Morgan fingerprint density at radius 2 is 2.12 bits per heavy atom.